The lowest BCUT2D eigenvalue weighted by atomic mass is 10.0. The van der Waals surface area contributed by atoms with Crippen molar-refractivity contribution in [1.82, 2.24) is 5.32 Å². The van der Waals surface area contributed by atoms with Gasteiger partial charge in [0.2, 0.25) is 0 Å². The highest BCUT2D eigenvalue weighted by atomic mass is 79.9. The number of rotatable bonds is 5. The molecule has 0 saturated heterocycles. The quantitative estimate of drug-likeness (QED) is 0.826. The van der Waals surface area contributed by atoms with E-state index in [0.717, 1.165) is 23.9 Å². The van der Waals surface area contributed by atoms with E-state index in [1.54, 1.807) is 0 Å². The Kier molecular flexibility index (Phi) is 3.64. The first kappa shape index (κ1) is 11.6. The van der Waals surface area contributed by atoms with E-state index in [4.69, 9.17) is 0 Å². The molecule has 2 rings (SSSR count). The summed E-state index contributed by atoms with van der Waals surface area (Å²) in [6, 6.07) is 9.39. The highest BCUT2D eigenvalue weighted by molar-refractivity contribution is 9.09. The number of hydrogen-bond acceptors (Lipinski definition) is 1. The van der Waals surface area contributed by atoms with Crippen LogP contribution in [0, 0.1) is 5.41 Å². The molecule has 0 radical (unpaired) electrons. The van der Waals surface area contributed by atoms with E-state index in [1.807, 2.05) is 30.3 Å². The van der Waals surface area contributed by atoms with Crippen LogP contribution >= 0.6 is 15.9 Å². The van der Waals surface area contributed by atoms with Crippen molar-refractivity contribution in [2.45, 2.75) is 19.3 Å². The van der Waals surface area contributed by atoms with E-state index < -0.39 is 0 Å². The van der Waals surface area contributed by atoms with Crippen molar-refractivity contribution in [1.29, 1.82) is 0 Å². The van der Waals surface area contributed by atoms with Gasteiger partial charge in [-0.3, -0.25) is 4.79 Å². The van der Waals surface area contributed by atoms with Crippen LogP contribution in [-0.2, 0) is 0 Å². The molecule has 2 nitrogen and oxygen atoms in total. The topological polar surface area (TPSA) is 29.1 Å². The minimum atomic E-state index is 0.0430. The van der Waals surface area contributed by atoms with Gasteiger partial charge >= 0.3 is 0 Å². The molecule has 0 aromatic heterocycles. The summed E-state index contributed by atoms with van der Waals surface area (Å²) in [5.41, 5.74) is 1.13. The molecule has 1 aromatic carbocycles. The zero-order chi connectivity index (χ0) is 11.4. The number of amides is 1. The van der Waals surface area contributed by atoms with Crippen LogP contribution in [0.1, 0.15) is 29.6 Å². The Morgan fingerprint density at radius 1 is 1.31 bits per heavy atom. The number of alkyl halides is 1. The highest BCUT2D eigenvalue weighted by Gasteiger charge is 2.41. The Labute approximate surface area is 105 Å². The summed E-state index contributed by atoms with van der Waals surface area (Å²) in [6.07, 6.45) is 3.64. The summed E-state index contributed by atoms with van der Waals surface area (Å²) in [5, 5.41) is 4.05. The summed E-state index contributed by atoms with van der Waals surface area (Å²) < 4.78 is 0. The van der Waals surface area contributed by atoms with Gasteiger partial charge in [0.25, 0.3) is 5.91 Å². The van der Waals surface area contributed by atoms with E-state index in [2.05, 4.69) is 21.2 Å². The van der Waals surface area contributed by atoms with Crippen molar-refractivity contribution < 1.29 is 4.79 Å². The van der Waals surface area contributed by atoms with Crippen LogP contribution in [0.5, 0.6) is 0 Å². The van der Waals surface area contributed by atoms with Gasteiger partial charge in [0.05, 0.1) is 0 Å². The van der Waals surface area contributed by atoms with Crippen molar-refractivity contribution >= 4 is 21.8 Å². The molecule has 1 aromatic rings. The van der Waals surface area contributed by atoms with E-state index >= 15 is 0 Å². The monoisotopic (exact) mass is 281 g/mol. The molecular formula is C13H16BrNO. The average molecular weight is 282 g/mol. The molecule has 0 unspecified atom stereocenters. The maximum atomic E-state index is 11.8. The third-order valence-corrected chi connectivity index (χ3v) is 3.64. The van der Waals surface area contributed by atoms with Gasteiger partial charge in [0.15, 0.2) is 0 Å². The molecule has 1 N–H and O–H groups in total. The molecule has 1 amide bonds. The molecule has 1 aliphatic rings. The van der Waals surface area contributed by atoms with E-state index in [9.17, 15) is 4.79 Å². The lowest BCUT2D eigenvalue weighted by Crippen LogP contribution is -2.30. The van der Waals surface area contributed by atoms with Crippen LogP contribution in [0.25, 0.3) is 0 Å². The standard InChI is InChI=1S/C13H16BrNO/c14-9-8-13(6-7-13)10-15-12(16)11-4-2-1-3-5-11/h1-5H,6-10H2,(H,15,16). The predicted molar refractivity (Wildman–Crippen MR) is 68.9 cm³/mol. The summed E-state index contributed by atoms with van der Waals surface area (Å²) >= 11 is 3.46. The van der Waals surface area contributed by atoms with Gasteiger partial charge in [-0.15, -0.1) is 0 Å². The van der Waals surface area contributed by atoms with Crippen LogP contribution < -0.4 is 5.32 Å². The normalized spacial score (nSPS) is 16.8. The number of hydrogen-bond donors (Lipinski definition) is 1. The minimum Gasteiger partial charge on any atom is -0.351 e. The van der Waals surface area contributed by atoms with Crippen molar-refractivity contribution in [3.8, 4) is 0 Å². The maximum absolute atomic E-state index is 11.8. The predicted octanol–water partition coefficient (Wildman–Crippen LogP) is 2.98. The lowest BCUT2D eigenvalue weighted by molar-refractivity contribution is 0.0944. The smallest absolute Gasteiger partial charge is 0.251 e. The Hall–Kier alpha value is -0.830. The van der Waals surface area contributed by atoms with Gasteiger partial charge in [0, 0.05) is 17.4 Å². The van der Waals surface area contributed by atoms with Crippen molar-refractivity contribution in [3.05, 3.63) is 35.9 Å². The molecule has 0 heterocycles. The van der Waals surface area contributed by atoms with Crippen LogP contribution in [-0.4, -0.2) is 17.8 Å². The molecule has 86 valence electrons. The first-order valence-electron chi connectivity index (χ1n) is 5.65. The van der Waals surface area contributed by atoms with Gasteiger partial charge < -0.3 is 5.32 Å². The molecular weight excluding hydrogens is 266 g/mol. The Bertz CT molecular complexity index is 359. The van der Waals surface area contributed by atoms with Crippen LogP contribution in [0.4, 0.5) is 0 Å². The Morgan fingerprint density at radius 2 is 2.00 bits per heavy atom. The summed E-state index contributed by atoms with van der Waals surface area (Å²) in [7, 11) is 0. The minimum absolute atomic E-state index is 0.0430. The number of benzene rings is 1. The van der Waals surface area contributed by atoms with Gasteiger partial charge in [0.1, 0.15) is 0 Å². The van der Waals surface area contributed by atoms with E-state index in [-0.39, 0.29) is 5.91 Å². The molecule has 0 spiro atoms. The number of halogens is 1. The molecule has 16 heavy (non-hydrogen) atoms. The third-order valence-electron chi connectivity index (χ3n) is 3.24. The second-order valence-corrected chi connectivity index (χ2v) is 5.28. The van der Waals surface area contributed by atoms with E-state index in [1.165, 1.54) is 12.8 Å². The summed E-state index contributed by atoms with van der Waals surface area (Å²) in [5.74, 6) is 0.0430. The molecule has 0 bridgehead atoms. The van der Waals surface area contributed by atoms with E-state index in [0.29, 0.717) is 5.41 Å². The average Bonchev–Trinajstić information content (AvgIpc) is 3.08. The first-order chi connectivity index (χ1) is 7.76. The van der Waals surface area contributed by atoms with Crippen LogP contribution in [0.2, 0.25) is 0 Å². The van der Waals surface area contributed by atoms with Gasteiger partial charge in [-0.05, 0) is 36.8 Å². The SMILES string of the molecule is O=C(NCC1(CCBr)CC1)c1ccccc1. The first-order valence-corrected chi connectivity index (χ1v) is 6.77. The molecule has 0 aliphatic heterocycles. The Morgan fingerprint density at radius 3 is 2.56 bits per heavy atom. The van der Waals surface area contributed by atoms with Crippen LogP contribution in [0.15, 0.2) is 30.3 Å². The largest absolute Gasteiger partial charge is 0.351 e. The maximum Gasteiger partial charge on any atom is 0.251 e. The second-order valence-electron chi connectivity index (χ2n) is 4.49. The fourth-order valence-corrected chi connectivity index (χ4v) is 2.69. The number of carbonyl (C=O) groups is 1. The second kappa shape index (κ2) is 5.00. The van der Waals surface area contributed by atoms with Gasteiger partial charge in [-0.1, -0.05) is 34.1 Å². The molecule has 1 fully saturated rings. The van der Waals surface area contributed by atoms with Crippen LogP contribution in [0.3, 0.4) is 0 Å². The van der Waals surface area contributed by atoms with Gasteiger partial charge in [-0.25, -0.2) is 0 Å². The van der Waals surface area contributed by atoms with Gasteiger partial charge in [-0.2, -0.15) is 0 Å². The highest BCUT2D eigenvalue weighted by Crippen LogP contribution is 2.48. The molecule has 1 aliphatic carbocycles. The molecule has 0 atom stereocenters. The summed E-state index contributed by atoms with van der Waals surface area (Å²) in [4.78, 5) is 11.8. The summed E-state index contributed by atoms with van der Waals surface area (Å²) in [6.45, 7) is 0.812. The van der Waals surface area contributed by atoms with Crippen molar-refractivity contribution in [2.24, 2.45) is 5.41 Å². The number of nitrogens with one attached hydrogen (secondary N) is 1. The van der Waals surface area contributed by atoms with Crippen molar-refractivity contribution in [2.75, 3.05) is 11.9 Å². The fraction of sp³-hybridized carbons (Fsp3) is 0.462. The Balaban J connectivity index is 1.85. The molecule has 1 saturated carbocycles. The fourth-order valence-electron chi connectivity index (χ4n) is 1.85. The van der Waals surface area contributed by atoms with Crippen molar-refractivity contribution in [3.63, 3.8) is 0 Å². The number of carbonyl (C=O) groups excluding carboxylic acids is 1. The lowest BCUT2D eigenvalue weighted by Gasteiger charge is -2.14. The third kappa shape index (κ3) is 2.85. The zero-order valence-corrected chi connectivity index (χ0v) is 10.8. The molecule has 3 heteroatoms. The zero-order valence-electron chi connectivity index (χ0n) is 9.21.